The van der Waals surface area contributed by atoms with E-state index in [0.717, 1.165) is 6.42 Å². The maximum atomic E-state index is 9.54. The molecule has 66 valence electrons. The molecular formula is C9H18O2. The zero-order chi connectivity index (χ0) is 8.91. The van der Waals surface area contributed by atoms with Crippen molar-refractivity contribution in [1.29, 1.82) is 0 Å². The monoisotopic (exact) mass is 158 g/mol. The molecule has 0 aliphatic carbocycles. The van der Waals surface area contributed by atoms with Gasteiger partial charge in [-0.2, -0.15) is 0 Å². The van der Waals surface area contributed by atoms with Crippen LogP contribution in [0.2, 0.25) is 0 Å². The molecule has 0 rings (SSSR count). The fraction of sp³-hybridized carbons (Fsp3) is 0.778. The van der Waals surface area contributed by atoms with Crippen LogP contribution in [0.3, 0.4) is 0 Å². The molecule has 2 heteroatoms. The van der Waals surface area contributed by atoms with Crippen molar-refractivity contribution in [3.05, 3.63) is 12.7 Å². The lowest BCUT2D eigenvalue weighted by Gasteiger charge is -2.28. The highest BCUT2D eigenvalue weighted by atomic mass is 16.5. The maximum absolute atomic E-state index is 9.54. The summed E-state index contributed by atoms with van der Waals surface area (Å²) >= 11 is 0. The minimum absolute atomic E-state index is 0.412. The lowest BCUT2D eigenvalue weighted by atomic mass is 9.97. The SMILES string of the molecule is C=CCCC(O)C(C)(C)OC. The first-order chi connectivity index (χ1) is 5.04. The van der Waals surface area contributed by atoms with Crippen molar-refractivity contribution in [2.24, 2.45) is 0 Å². The molecule has 0 amide bonds. The van der Waals surface area contributed by atoms with E-state index in [1.54, 1.807) is 13.2 Å². The number of rotatable bonds is 5. The van der Waals surface area contributed by atoms with Crippen LogP contribution in [-0.2, 0) is 4.74 Å². The number of allylic oxidation sites excluding steroid dienone is 1. The number of hydrogen-bond acceptors (Lipinski definition) is 2. The molecule has 0 saturated carbocycles. The molecule has 1 N–H and O–H groups in total. The summed E-state index contributed by atoms with van der Waals surface area (Å²) in [7, 11) is 1.61. The molecule has 0 bridgehead atoms. The molecule has 0 radical (unpaired) electrons. The van der Waals surface area contributed by atoms with Crippen LogP contribution in [-0.4, -0.2) is 23.9 Å². The fourth-order valence-corrected chi connectivity index (χ4v) is 0.759. The molecule has 0 heterocycles. The van der Waals surface area contributed by atoms with Gasteiger partial charge in [-0.05, 0) is 26.7 Å². The lowest BCUT2D eigenvalue weighted by molar-refractivity contribution is -0.0795. The lowest BCUT2D eigenvalue weighted by Crippen LogP contribution is -2.37. The average molecular weight is 158 g/mol. The van der Waals surface area contributed by atoms with Gasteiger partial charge in [0, 0.05) is 7.11 Å². The van der Waals surface area contributed by atoms with Crippen LogP contribution in [0.5, 0.6) is 0 Å². The third kappa shape index (κ3) is 3.54. The molecule has 0 saturated heterocycles. The standard InChI is InChI=1S/C9H18O2/c1-5-6-7-8(10)9(2,3)11-4/h5,8,10H,1,6-7H2,2-4H3. The molecule has 0 fully saturated rings. The van der Waals surface area contributed by atoms with Gasteiger partial charge in [-0.3, -0.25) is 0 Å². The zero-order valence-electron chi connectivity index (χ0n) is 7.63. The van der Waals surface area contributed by atoms with E-state index in [1.165, 1.54) is 0 Å². The molecular weight excluding hydrogens is 140 g/mol. The molecule has 0 spiro atoms. The Morgan fingerprint density at radius 1 is 1.64 bits per heavy atom. The van der Waals surface area contributed by atoms with Gasteiger partial charge in [-0.1, -0.05) is 6.08 Å². The van der Waals surface area contributed by atoms with Gasteiger partial charge in [0.1, 0.15) is 0 Å². The van der Waals surface area contributed by atoms with Crippen LogP contribution in [0.15, 0.2) is 12.7 Å². The van der Waals surface area contributed by atoms with E-state index in [9.17, 15) is 5.11 Å². The Morgan fingerprint density at radius 2 is 2.18 bits per heavy atom. The van der Waals surface area contributed by atoms with Gasteiger partial charge in [0.15, 0.2) is 0 Å². The van der Waals surface area contributed by atoms with Crippen molar-refractivity contribution in [2.45, 2.75) is 38.4 Å². The van der Waals surface area contributed by atoms with Gasteiger partial charge in [0.05, 0.1) is 11.7 Å². The van der Waals surface area contributed by atoms with E-state index in [0.29, 0.717) is 6.42 Å². The summed E-state index contributed by atoms with van der Waals surface area (Å²) in [4.78, 5) is 0. The Labute approximate surface area is 68.9 Å². The Kier molecular flexibility index (Phi) is 4.38. The molecule has 1 unspecified atom stereocenters. The highest BCUT2D eigenvalue weighted by Crippen LogP contribution is 2.17. The minimum atomic E-state index is -0.441. The normalized spacial score (nSPS) is 14.5. The Balaban J connectivity index is 3.80. The van der Waals surface area contributed by atoms with Crippen molar-refractivity contribution in [1.82, 2.24) is 0 Å². The van der Waals surface area contributed by atoms with Crippen LogP contribution in [0.4, 0.5) is 0 Å². The largest absolute Gasteiger partial charge is 0.390 e. The second-order valence-electron chi connectivity index (χ2n) is 3.19. The Bertz CT molecular complexity index is 119. The fourth-order valence-electron chi connectivity index (χ4n) is 0.759. The summed E-state index contributed by atoms with van der Waals surface area (Å²) in [5.74, 6) is 0. The van der Waals surface area contributed by atoms with Gasteiger partial charge >= 0.3 is 0 Å². The summed E-state index contributed by atoms with van der Waals surface area (Å²) in [6, 6.07) is 0. The maximum Gasteiger partial charge on any atom is 0.0880 e. The summed E-state index contributed by atoms with van der Waals surface area (Å²) in [5.41, 5.74) is -0.441. The average Bonchev–Trinajstić information content (AvgIpc) is 2.00. The van der Waals surface area contributed by atoms with Gasteiger partial charge in [-0.25, -0.2) is 0 Å². The number of ether oxygens (including phenoxy) is 1. The van der Waals surface area contributed by atoms with Crippen molar-refractivity contribution < 1.29 is 9.84 Å². The van der Waals surface area contributed by atoms with Crippen LogP contribution in [0.25, 0.3) is 0 Å². The van der Waals surface area contributed by atoms with Gasteiger partial charge < -0.3 is 9.84 Å². The number of hydrogen-bond donors (Lipinski definition) is 1. The van der Waals surface area contributed by atoms with Gasteiger partial charge in [-0.15, -0.1) is 6.58 Å². The molecule has 0 aromatic heterocycles. The highest BCUT2D eigenvalue weighted by molar-refractivity contribution is 4.80. The molecule has 0 aliphatic rings. The predicted octanol–water partition coefficient (Wildman–Crippen LogP) is 1.74. The van der Waals surface area contributed by atoms with Crippen molar-refractivity contribution >= 4 is 0 Å². The van der Waals surface area contributed by atoms with Gasteiger partial charge in [0.2, 0.25) is 0 Å². The van der Waals surface area contributed by atoms with Crippen molar-refractivity contribution in [3.8, 4) is 0 Å². The molecule has 11 heavy (non-hydrogen) atoms. The topological polar surface area (TPSA) is 29.5 Å². The number of aliphatic hydroxyl groups is 1. The van der Waals surface area contributed by atoms with Gasteiger partial charge in [0.25, 0.3) is 0 Å². The minimum Gasteiger partial charge on any atom is -0.390 e. The Hall–Kier alpha value is -0.340. The van der Waals surface area contributed by atoms with Crippen LogP contribution < -0.4 is 0 Å². The van der Waals surface area contributed by atoms with E-state index >= 15 is 0 Å². The molecule has 0 aromatic rings. The van der Waals surface area contributed by atoms with E-state index in [-0.39, 0.29) is 0 Å². The summed E-state index contributed by atoms with van der Waals surface area (Å²) in [6.07, 6.45) is 2.93. The second-order valence-corrected chi connectivity index (χ2v) is 3.19. The van der Waals surface area contributed by atoms with E-state index in [1.807, 2.05) is 13.8 Å². The van der Waals surface area contributed by atoms with E-state index in [2.05, 4.69) is 6.58 Å². The first kappa shape index (κ1) is 10.7. The molecule has 0 aliphatic heterocycles. The predicted molar refractivity (Wildman–Crippen MR) is 46.5 cm³/mol. The Morgan fingerprint density at radius 3 is 2.55 bits per heavy atom. The summed E-state index contributed by atoms with van der Waals surface area (Å²) < 4.78 is 5.11. The molecule has 1 atom stereocenters. The van der Waals surface area contributed by atoms with Crippen molar-refractivity contribution in [2.75, 3.05) is 7.11 Å². The quantitative estimate of drug-likeness (QED) is 0.617. The van der Waals surface area contributed by atoms with Crippen LogP contribution in [0, 0.1) is 0 Å². The zero-order valence-corrected chi connectivity index (χ0v) is 7.63. The first-order valence-electron chi connectivity index (χ1n) is 3.88. The highest BCUT2D eigenvalue weighted by Gasteiger charge is 2.26. The molecule has 2 nitrogen and oxygen atoms in total. The summed E-state index contributed by atoms with van der Waals surface area (Å²) in [6.45, 7) is 7.34. The second kappa shape index (κ2) is 4.52. The summed E-state index contributed by atoms with van der Waals surface area (Å²) in [5, 5.41) is 9.54. The smallest absolute Gasteiger partial charge is 0.0880 e. The van der Waals surface area contributed by atoms with E-state index < -0.39 is 11.7 Å². The molecule has 0 aromatic carbocycles. The van der Waals surface area contributed by atoms with Crippen LogP contribution in [0.1, 0.15) is 26.7 Å². The number of aliphatic hydroxyl groups excluding tert-OH is 1. The van der Waals surface area contributed by atoms with Crippen molar-refractivity contribution in [3.63, 3.8) is 0 Å². The third-order valence-corrected chi connectivity index (χ3v) is 1.97. The van der Waals surface area contributed by atoms with E-state index in [4.69, 9.17) is 4.74 Å². The first-order valence-corrected chi connectivity index (χ1v) is 3.88. The van der Waals surface area contributed by atoms with Crippen LogP contribution >= 0.6 is 0 Å². The number of methoxy groups -OCH3 is 1. The third-order valence-electron chi connectivity index (χ3n) is 1.97.